The van der Waals surface area contributed by atoms with Crippen LogP contribution in [0.1, 0.15) is 29.8 Å². The van der Waals surface area contributed by atoms with E-state index in [1.807, 2.05) is 0 Å². The SMILES string of the molecule is COc1cc(C=C2Oc3c(ccc(OC(C)=O)c3OC(C)=O)C2=O)cc(OC)c1OC. The number of methoxy groups -OCH3 is 3. The first kappa shape index (κ1) is 21.7. The summed E-state index contributed by atoms with van der Waals surface area (Å²) in [4.78, 5) is 35.8. The standard InChI is InChI=1S/C22H20O9/c1-11(23)29-15-7-6-14-19(25)16(31-20(14)22(15)30-12(2)24)8-13-9-17(26-3)21(28-5)18(10-13)27-4/h6-10H,1-5H3. The first-order chi connectivity index (χ1) is 14.8. The number of esters is 2. The number of carbonyl (C=O) groups excluding carboxylic acids is 3. The molecule has 0 fully saturated rings. The van der Waals surface area contributed by atoms with Crippen LogP contribution in [0.2, 0.25) is 0 Å². The molecule has 9 nitrogen and oxygen atoms in total. The number of ether oxygens (including phenoxy) is 6. The van der Waals surface area contributed by atoms with Gasteiger partial charge in [0.2, 0.25) is 17.3 Å². The van der Waals surface area contributed by atoms with E-state index in [0.717, 1.165) is 0 Å². The number of ketones is 1. The Labute approximate surface area is 178 Å². The third kappa shape index (κ3) is 4.30. The monoisotopic (exact) mass is 428 g/mol. The van der Waals surface area contributed by atoms with E-state index >= 15 is 0 Å². The molecule has 1 heterocycles. The summed E-state index contributed by atoms with van der Waals surface area (Å²) in [6.07, 6.45) is 1.48. The van der Waals surface area contributed by atoms with E-state index in [4.69, 9.17) is 28.4 Å². The first-order valence-corrected chi connectivity index (χ1v) is 9.07. The van der Waals surface area contributed by atoms with Crippen LogP contribution in [0.15, 0.2) is 30.0 Å². The van der Waals surface area contributed by atoms with Crippen molar-refractivity contribution in [2.45, 2.75) is 13.8 Å². The molecule has 0 bridgehead atoms. The van der Waals surface area contributed by atoms with Crippen molar-refractivity contribution in [1.82, 2.24) is 0 Å². The minimum absolute atomic E-state index is 0.0161. The van der Waals surface area contributed by atoms with Crippen LogP contribution in [-0.4, -0.2) is 39.1 Å². The Balaban J connectivity index is 2.07. The number of hydrogen-bond donors (Lipinski definition) is 0. The lowest BCUT2D eigenvalue weighted by Gasteiger charge is -2.13. The number of fused-ring (bicyclic) bond motifs is 1. The van der Waals surface area contributed by atoms with Crippen LogP contribution < -0.4 is 28.4 Å². The molecule has 0 spiro atoms. The minimum Gasteiger partial charge on any atom is -0.493 e. The molecule has 0 aliphatic carbocycles. The van der Waals surface area contributed by atoms with Crippen LogP contribution >= 0.6 is 0 Å². The molecule has 9 heteroatoms. The van der Waals surface area contributed by atoms with Gasteiger partial charge in [-0.25, -0.2) is 0 Å². The Morgan fingerprint density at radius 3 is 1.97 bits per heavy atom. The van der Waals surface area contributed by atoms with Crippen LogP contribution in [0.25, 0.3) is 6.08 Å². The van der Waals surface area contributed by atoms with E-state index in [-0.39, 0.29) is 28.6 Å². The van der Waals surface area contributed by atoms with Gasteiger partial charge in [-0.1, -0.05) is 0 Å². The highest BCUT2D eigenvalue weighted by Crippen LogP contribution is 2.46. The Morgan fingerprint density at radius 1 is 0.839 bits per heavy atom. The van der Waals surface area contributed by atoms with E-state index < -0.39 is 17.7 Å². The highest BCUT2D eigenvalue weighted by molar-refractivity contribution is 6.15. The second kappa shape index (κ2) is 8.78. The maximum Gasteiger partial charge on any atom is 0.308 e. The Bertz CT molecular complexity index is 1070. The van der Waals surface area contributed by atoms with E-state index in [1.165, 1.54) is 53.4 Å². The largest absolute Gasteiger partial charge is 0.493 e. The summed E-state index contributed by atoms with van der Waals surface area (Å²) in [6.45, 7) is 2.38. The second-order valence-electron chi connectivity index (χ2n) is 6.36. The van der Waals surface area contributed by atoms with E-state index in [0.29, 0.717) is 22.8 Å². The molecule has 3 rings (SSSR count). The molecular weight excluding hydrogens is 408 g/mol. The lowest BCUT2D eigenvalue weighted by atomic mass is 10.1. The molecule has 0 atom stereocenters. The van der Waals surface area contributed by atoms with Gasteiger partial charge in [0, 0.05) is 13.8 Å². The average Bonchev–Trinajstić information content (AvgIpc) is 3.04. The first-order valence-electron chi connectivity index (χ1n) is 9.07. The zero-order valence-electron chi connectivity index (χ0n) is 17.6. The lowest BCUT2D eigenvalue weighted by Crippen LogP contribution is -2.08. The van der Waals surface area contributed by atoms with Gasteiger partial charge >= 0.3 is 11.9 Å². The van der Waals surface area contributed by atoms with Gasteiger partial charge in [-0.05, 0) is 35.9 Å². The molecule has 1 aliphatic heterocycles. The fraction of sp³-hybridized carbons (Fsp3) is 0.227. The highest BCUT2D eigenvalue weighted by atomic mass is 16.6. The summed E-state index contributed by atoms with van der Waals surface area (Å²) in [7, 11) is 4.43. The van der Waals surface area contributed by atoms with Crippen LogP contribution in [0.3, 0.4) is 0 Å². The van der Waals surface area contributed by atoms with Crippen molar-refractivity contribution in [2.75, 3.05) is 21.3 Å². The van der Waals surface area contributed by atoms with Crippen molar-refractivity contribution in [1.29, 1.82) is 0 Å². The Morgan fingerprint density at radius 2 is 1.45 bits per heavy atom. The van der Waals surface area contributed by atoms with Crippen molar-refractivity contribution in [3.05, 3.63) is 41.2 Å². The fourth-order valence-corrected chi connectivity index (χ4v) is 3.02. The normalized spacial score (nSPS) is 13.3. The van der Waals surface area contributed by atoms with Gasteiger partial charge in [0.05, 0.1) is 26.9 Å². The molecule has 0 saturated heterocycles. The van der Waals surface area contributed by atoms with Gasteiger partial charge in [-0.3, -0.25) is 14.4 Å². The second-order valence-corrected chi connectivity index (χ2v) is 6.36. The van der Waals surface area contributed by atoms with Gasteiger partial charge in [-0.2, -0.15) is 0 Å². The molecule has 2 aromatic carbocycles. The predicted octanol–water partition coefficient (Wildman–Crippen LogP) is 3.18. The molecule has 1 aliphatic rings. The molecule has 0 amide bonds. The molecule has 0 aromatic heterocycles. The lowest BCUT2D eigenvalue weighted by molar-refractivity contribution is -0.134. The van der Waals surface area contributed by atoms with Crippen LogP contribution in [0.5, 0.6) is 34.5 Å². The van der Waals surface area contributed by atoms with Crippen molar-refractivity contribution < 1.29 is 42.8 Å². The molecule has 0 unspecified atom stereocenters. The predicted molar refractivity (Wildman–Crippen MR) is 108 cm³/mol. The third-order valence-corrected chi connectivity index (χ3v) is 4.24. The van der Waals surface area contributed by atoms with Crippen LogP contribution in [0.4, 0.5) is 0 Å². The Kier molecular flexibility index (Phi) is 6.15. The van der Waals surface area contributed by atoms with Gasteiger partial charge in [0.1, 0.15) is 0 Å². The number of benzene rings is 2. The summed E-state index contributed by atoms with van der Waals surface area (Å²) in [5.41, 5.74) is 0.700. The molecule has 0 N–H and O–H groups in total. The summed E-state index contributed by atoms with van der Waals surface area (Å²) in [5.74, 6) is -0.765. The average molecular weight is 428 g/mol. The zero-order valence-corrected chi connectivity index (χ0v) is 17.6. The maximum atomic E-state index is 12.9. The zero-order chi connectivity index (χ0) is 22.7. The number of Topliss-reactive ketones (excluding diaryl/α,β-unsaturated/α-hetero) is 1. The molecular formula is C22H20O9. The maximum absolute atomic E-state index is 12.9. The van der Waals surface area contributed by atoms with Gasteiger partial charge < -0.3 is 28.4 Å². The third-order valence-electron chi connectivity index (χ3n) is 4.24. The molecule has 0 saturated carbocycles. The smallest absolute Gasteiger partial charge is 0.308 e. The van der Waals surface area contributed by atoms with Gasteiger partial charge in [0.15, 0.2) is 28.8 Å². The minimum atomic E-state index is -0.667. The van der Waals surface area contributed by atoms with Gasteiger partial charge in [-0.15, -0.1) is 0 Å². The number of rotatable bonds is 6. The summed E-state index contributed by atoms with van der Waals surface area (Å²) >= 11 is 0. The number of carbonyl (C=O) groups is 3. The number of allylic oxidation sites excluding steroid dienone is 1. The topological polar surface area (TPSA) is 107 Å². The Hall–Kier alpha value is -4.01. The molecule has 31 heavy (non-hydrogen) atoms. The van der Waals surface area contributed by atoms with Crippen molar-refractivity contribution in [3.63, 3.8) is 0 Å². The van der Waals surface area contributed by atoms with Gasteiger partial charge in [0.25, 0.3) is 0 Å². The quantitative estimate of drug-likeness (QED) is 0.389. The molecule has 0 radical (unpaired) electrons. The summed E-state index contributed by atoms with van der Waals surface area (Å²) < 4.78 is 31.9. The van der Waals surface area contributed by atoms with Crippen molar-refractivity contribution in [2.24, 2.45) is 0 Å². The van der Waals surface area contributed by atoms with E-state index in [9.17, 15) is 14.4 Å². The van der Waals surface area contributed by atoms with Crippen LogP contribution in [0, 0.1) is 0 Å². The fourth-order valence-electron chi connectivity index (χ4n) is 3.02. The van der Waals surface area contributed by atoms with Crippen LogP contribution in [-0.2, 0) is 9.59 Å². The van der Waals surface area contributed by atoms with E-state index in [1.54, 1.807) is 12.1 Å². The highest BCUT2D eigenvalue weighted by Gasteiger charge is 2.33. The summed E-state index contributed by atoms with van der Waals surface area (Å²) in [6, 6.07) is 6.08. The van der Waals surface area contributed by atoms with Crippen molar-refractivity contribution >= 4 is 23.8 Å². The molecule has 2 aromatic rings. The van der Waals surface area contributed by atoms with Crippen molar-refractivity contribution in [3.8, 4) is 34.5 Å². The molecule has 162 valence electrons. The van der Waals surface area contributed by atoms with E-state index in [2.05, 4.69) is 0 Å². The number of hydrogen-bond acceptors (Lipinski definition) is 9. The summed E-state index contributed by atoms with van der Waals surface area (Å²) in [5, 5.41) is 0.